The van der Waals surface area contributed by atoms with Crippen LogP contribution in [0.4, 0.5) is 52.7 Å². The van der Waals surface area contributed by atoms with E-state index in [4.69, 9.17) is 8.83 Å². The zero-order chi connectivity index (χ0) is 48.3. The number of fused-ring (bicyclic) bond motifs is 2. The van der Waals surface area contributed by atoms with E-state index in [-0.39, 0.29) is 59.2 Å². The van der Waals surface area contributed by atoms with Crippen molar-refractivity contribution in [1.29, 1.82) is 0 Å². The minimum Gasteiger partial charge on any atom is -1.00 e. The summed E-state index contributed by atoms with van der Waals surface area (Å²) in [6.07, 6.45) is -16.8. The van der Waals surface area contributed by atoms with Crippen molar-refractivity contribution < 1.29 is 107 Å². The summed E-state index contributed by atoms with van der Waals surface area (Å²) in [6.45, 7) is 14.6. The number of aryl methyl sites for hydroxylation is 4. The topological polar surface area (TPSA) is 26.3 Å². The largest absolute Gasteiger partial charge is 1.00 e. The molecule has 0 radical (unpaired) electrons. The van der Waals surface area contributed by atoms with E-state index in [0.29, 0.717) is 78.7 Å². The fourth-order valence-electron chi connectivity index (χ4n) is 9.49. The van der Waals surface area contributed by atoms with Crippen LogP contribution in [-0.4, -0.2) is 5.43 Å². The van der Waals surface area contributed by atoms with E-state index in [1.165, 1.54) is 0 Å². The van der Waals surface area contributed by atoms with Gasteiger partial charge in [0.15, 0.2) is 0 Å². The summed E-state index contributed by atoms with van der Waals surface area (Å²) in [4.78, 5) is 0. The van der Waals surface area contributed by atoms with Gasteiger partial charge in [-0.05, 0) is 0 Å². The average molecular weight is 1090 g/mol. The number of hydrogen-bond donors (Lipinski definition) is 0. The van der Waals surface area contributed by atoms with Crippen molar-refractivity contribution in [3.05, 3.63) is 163 Å². The SMILES string of the molecule is Cc1ccc(C2=Cc3c(cc(C)c(C)c3-c3cc(C(F)(F)F)cc(C(F)(F)F)c3)[CH]2[Zr+2]([CH]2C(c3ccc(C)o3)=Cc3c2cc(C)c(C)c3-c2cc(C(F)(F)F)cc(C(F)(F)F)c2)=[Si](C)C)o1.[Cl-].[Cl-]. The third-order valence-electron chi connectivity index (χ3n) is 12.7. The Balaban J connectivity index is 0.00000381. The van der Waals surface area contributed by atoms with Crippen LogP contribution in [0.25, 0.3) is 45.6 Å². The Morgan fingerprint density at radius 2 is 0.765 bits per heavy atom. The standard InChI is InChI=1S/2C24H17F6O.C2H6Si.2ClH.Zr/c2*1-12-6-15-7-16(21-5-4-13(2)31-21)10-20(15)22(14(12)3)17-8-18(23(25,26)27)11-19(9-17)24(28,29)30;1-3-2;;;/h2*4-11H,1-3H3;1-2H3;2*1H;/q;;;;;+2/p-2. The molecular formula is C50H40Cl2F12O2SiZr. The van der Waals surface area contributed by atoms with Gasteiger partial charge in [0.1, 0.15) is 0 Å². The second-order valence-corrected chi connectivity index (χ2v) is 35.2. The van der Waals surface area contributed by atoms with Crippen molar-refractivity contribution in [2.24, 2.45) is 0 Å². The molecule has 2 atom stereocenters. The van der Waals surface area contributed by atoms with E-state index in [9.17, 15) is 52.7 Å². The first kappa shape index (κ1) is 53.1. The minimum atomic E-state index is -5.10. The molecule has 6 aromatic rings. The van der Waals surface area contributed by atoms with E-state index in [2.05, 4.69) is 13.1 Å². The monoisotopic (exact) mass is 1090 g/mol. The molecule has 0 aliphatic heterocycles. The van der Waals surface area contributed by atoms with E-state index in [1.807, 2.05) is 24.3 Å². The van der Waals surface area contributed by atoms with Crippen LogP contribution in [-0.2, 0) is 45.1 Å². The number of furan rings is 2. The van der Waals surface area contributed by atoms with Crippen LogP contribution in [0, 0.1) is 41.5 Å². The normalized spacial score (nSPS) is 15.8. The second kappa shape index (κ2) is 18.5. The summed E-state index contributed by atoms with van der Waals surface area (Å²) in [5.41, 5.74) is -1.54. The van der Waals surface area contributed by atoms with Gasteiger partial charge in [-0.1, -0.05) is 0 Å². The first-order valence-electron chi connectivity index (χ1n) is 20.7. The number of allylic oxidation sites excluding steroid dienone is 2. The van der Waals surface area contributed by atoms with E-state index in [1.54, 1.807) is 65.8 Å². The molecule has 0 N–H and O–H groups in total. The van der Waals surface area contributed by atoms with Gasteiger partial charge < -0.3 is 24.8 Å². The molecule has 0 fully saturated rings. The van der Waals surface area contributed by atoms with Gasteiger partial charge in [0, 0.05) is 0 Å². The van der Waals surface area contributed by atoms with Crippen molar-refractivity contribution in [3.63, 3.8) is 0 Å². The zero-order valence-electron chi connectivity index (χ0n) is 37.3. The third kappa shape index (κ3) is 9.64. The summed E-state index contributed by atoms with van der Waals surface area (Å²) >= 11 is -3.56. The van der Waals surface area contributed by atoms with Gasteiger partial charge in [0.25, 0.3) is 0 Å². The average Bonchev–Trinajstić information content (AvgIpc) is 4.00. The third-order valence-corrected chi connectivity index (χ3v) is 31.9. The van der Waals surface area contributed by atoms with Gasteiger partial charge in [0.2, 0.25) is 0 Å². The molecule has 8 rings (SSSR count). The predicted octanol–water partition coefficient (Wildman–Crippen LogP) is 10.9. The van der Waals surface area contributed by atoms with Gasteiger partial charge in [-0.25, -0.2) is 0 Å². The first-order chi connectivity index (χ1) is 30.5. The molecule has 0 amide bonds. The van der Waals surface area contributed by atoms with E-state index >= 15 is 0 Å². The number of hydrogen-bond acceptors (Lipinski definition) is 2. The maximum absolute atomic E-state index is 14.4. The molecule has 4 aromatic carbocycles. The van der Waals surface area contributed by atoms with Gasteiger partial charge in [-0.3, -0.25) is 0 Å². The molecule has 2 aliphatic carbocycles. The van der Waals surface area contributed by atoms with E-state index < -0.39 is 80.0 Å². The number of halogens is 14. The van der Waals surface area contributed by atoms with Gasteiger partial charge in [-0.15, -0.1) is 0 Å². The smallest absolute Gasteiger partial charge is 1.00 e. The van der Waals surface area contributed by atoms with Crippen molar-refractivity contribution in [1.82, 2.24) is 0 Å². The van der Waals surface area contributed by atoms with Crippen LogP contribution < -0.4 is 24.8 Å². The Hall–Kier alpha value is -4.24. The Bertz CT molecular complexity index is 2820. The molecule has 0 bridgehead atoms. The summed E-state index contributed by atoms with van der Waals surface area (Å²) in [5, 5.41) is 0. The summed E-state index contributed by atoms with van der Waals surface area (Å²) < 4.78 is 184. The fraction of sp³-hybridized carbons (Fsp3) is 0.280. The summed E-state index contributed by atoms with van der Waals surface area (Å²) in [5.74, 6) is 2.02. The van der Waals surface area contributed by atoms with Crippen LogP contribution in [0.5, 0.6) is 0 Å². The van der Waals surface area contributed by atoms with Crippen molar-refractivity contribution >= 4 is 28.7 Å². The molecule has 2 aromatic heterocycles. The minimum absolute atomic E-state index is 0. The maximum Gasteiger partial charge on any atom is -1.00 e. The van der Waals surface area contributed by atoms with Crippen molar-refractivity contribution in [2.45, 2.75) is 86.6 Å². The molecule has 2 heterocycles. The number of alkyl halides is 12. The van der Waals surface area contributed by atoms with Crippen LogP contribution >= 0.6 is 0 Å². The molecule has 2 unspecified atom stereocenters. The second-order valence-electron chi connectivity index (χ2n) is 17.3. The Morgan fingerprint density at radius 3 is 1.01 bits per heavy atom. The van der Waals surface area contributed by atoms with Crippen molar-refractivity contribution in [3.8, 4) is 22.3 Å². The van der Waals surface area contributed by atoms with Crippen LogP contribution in [0.1, 0.15) is 97.1 Å². The van der Waals surface area contributed by atoms with Crippen LogP contribution in [0.15, 0.2) is 81.6 Å². The first-order valence-corrected chi connectivity index (χ1v) is 29.7. The van der Waals surface area contributed by atoms with Gasteiger partial charge >= 0.3 is 382 Å². The summed E-state index contributed by atoms with van der Waals surface area (Å²) in [6, 6.07) is 14.1. The molecule has 68 heavy (non-hydrogen) atoms. The molecule has 0 saturated carbocycles. The molecule has 18 heteroatoms. The number of rotatable bonds is 6. The predicted molar refractivity (Wildman–Crippen MR) is 228 cm³/mol. The quantitative estimate of drug-likeness (QED) is 0.123. The van der Waals surface area contributed by atoms with Gasteiger partial charge in [-0.2, -0.15) is 0 Å². The molecule has 0 spiro atoms. The number of benzene rings is 4. The molecule has 2 nitrogen and oxygen atoms in total. The molecule has 2 aliphatic rings. The van der Waals surface area contributed by atoms with Crippen LogP contribution in [0.2, 0.25) is 13.1 Å². The van der Waals surface area contributed by atoms with Crippen LogP contribution in [0.3, 0.4) is 0 Å². The van der Waals surface area contributed by atoms with Gasteiger partial charge in [0.05, 0.1) is 0 Å². The summed E-state index contributed by atoms with van der Waals surface area (Å²) in [7, 11) is 0. The Morgan fingerprint density at radius 1 is 0.456 bits per heavy atom. The molecule has 0 saturated heterocycles. The molecule has 358 valence electrons. The Labute approximate surface area is 404 Å². The molecular weight excluding hydrogens is 1050 g/mol. The van der Waals surface area contributed by atoms with Crippen molar-refractivity contribution in [2.75, 3.05) is 0 Å². The zero-order valence-corrected chi connectivity index (χ0v) is 42.3. The van der Waals surface area contributed by atoms with E-state index in [0.717, 1.165) is 24.3 Å². The Kier molecular flexibility index (Phi) is 14.4. The maximum atomic E-state index is 14.4. The fourth-order valence-corrected chi connectivity index (χ4v) is 29.2.